The van der Waals surface area contributed by atoms with Crippen molar-refractivity contribution in [3.8, 4) is 0 Å². The third kappa shape index (κ3) is 5.89. The maximum absolute atomic E-state index is 11.9. The summed E-state index contributed by atoms with van der Waals surface area (Å²) in [5, 5.41) is 11.5. The van der Waals surface area contributed by atoms with Gasteiger partial charge in [0, 0.05) is 19.1 Å². The van der Waals surface area contributed by atoms with Crippen molar-refractivity contribution in [2.45, 2.75) is 52.0 Å². The van der Waals surface area contributed by atoms with Crippen LogP contribution >= 0.6 is 0 Å². The Morgan fingerprint density at radius 3 is 2.56 bits per heavy atom. The van der Waals surface area contributed by atoms with Gasteiger partial charge in [-0.1, -0.05) is 12.8 Å². The summed E-state index contributed by atoms with van der Waals surface area (Å²) in [6.07, 6.45) is 4.88. The van der Waals surface area contributed by atoms with Crippen LogP contribution in [0.2, 0.25) is 0 Å². The van der Waals surface area contributed by atoms with Crippen molar-refractivity contribution in [2.75, 3.05) is 13.1 Å². The molecule has 0 saturated heterocycles. The van der Waals surface area contributed by atoms with Gasteiger partial charge in [-0.15, -0.1) is 0 Å². The number of carbonyl (C=O) groups excluding carboxylic acids is 1. The number of hydrogen-bond acceptors (Lipinski definition) is 2. The van der Waals surface area contributed by atoms with E-state index in [0.717, 1.165) is 12.3 Å². The highest BCUT2D eigenvalue weighted by Crippen LogP contribution is 2.33. The number of urea groups is 1. The van der Waals surface area contributed by atoms with Crippen molar-refractivity contribution >= 4 is 12.0 Å². The first-order chi connectivity index (χ1) is 8.50. The first-order valence-corrected chi connectivity index (χ1v) is 6.77. The average molecular weight is 256 g/mol. The van der Waals surface area contributed by atoms with Gasteiger partial charge in [-0.25, -0.2) is 4.79 Å². The molecule has 5 heteroatoms. The lowest BCUT2D eigenvalue weighted by Gasteiger charge is -2.26. The molecule has 1 saturated carbocycles. The van der Waals surface area contributed by atoms with Gasteiger partial charge in [0.25, 0.3) is 0 Å². The summed E-state index contributed by atoms with van der Waals surface area (Å²) in [5.74, 6) is 0.0114. The molecule has 2 N–H and O–H groups in total. The van der Waals surface area contributed by atoms with Crippen LogP contribution in [0.25, 0.3) is 0 Å². The highest BCUT2D eigenvalue weighted by Gasteiger charge is 2.21. The van der Waals surface area contributed by atoms with Gasteiger partial charge < -0.3 is 15.3 Å². The van der Waals surface area contributed by atoms with Crippen LogP contribution in [0.4, 0.5) is 4.79 Å². The zero-order valence-electron chi connectivity index (χ0n) is 11.3. The summed E-state index contributed by atoms with van der Waals surface area (Å²) < 4.78 is 0. The minimum absolute atomic E-state index is 0.00628. The zero-order chi connectivity index (χ0) is 13.5. The van der Waals surface area contributed by atoms with Crippen LogP contribution in [0.15, 0.2) is 0 Å². The summed E-state index contributed by atoms with van der Waals surface area (Å²) in [6, 6.07) is -0.130. The van der Waals surface area contributed by atoms with Crippen molar-refractivity contribution in [3.05, 3.63) is 0 Å². The van der Waals surface area contributed by atoms with Gasteiger partial charge in [0.1, 0.15) is 0 Å². The van der Waals surface area contributed by atoms with Crippen LogP contribution in [0.3, 0.4) is 0 Å². The Morgan fingerprint density at radius 1 is 1.39 bits per heavy atom. The lowest BCUT2D eigenvalue weighted by molar-refractivity contribution is -0.137. The predicted octanol–water partition coefficient (Wildman–Crippen LogP) is 2.07. The van der Waals surface area contributed by atoms with Crippen molar-refractivity contribution < 1.29 is 14.7 Å². The number of nitrogens with zero attached hydrogens (tertiary/aromatic N) is 1. The van der Waals surface area contributed by atoms with E-state index in [4.69, 9.17) is 5.11 Å². The second-order valence-electron chi connectivity index (χ2n) is 5.25. The van der Waals surface area contributed by atoms with Crippen LogP contribution < -0.4 is 5.32 Å². The molecule has 0 radical (unpaired) electrons. The molecule has 1 fully saturated rings. The third-order valence-electron chi connectivity index (χ3n) is 3.21. The molecule has 18 heavy (non-hydrogen) atoms. The Hall–Kier alpha value is -1.26. The molecule has 0 aromatic heterocycles. The molecule has 1 aliphatic rings. The number of carbonyl (C=O) groups is 2. The molecule has 5 nitrogen and oxygen atoms in total. The third-order valence-corrected chi connectivity index (χ3v) is 3.21. The maximum atomic E-state index is 11.9. The number of carboxylic acids is 1. The average Bonchev–Trinajstić information content (AvgIpc) is 3.07. The lowest BCUT2D eigenvalue weighted by atomic mass is 10.2. The molecule has 0 aromatic rings. The van der Waals surface area contributed by atoms with Gasteiger partial charge in [-0.05, 0) is 32.6 Å². The fourth-order valence-corrected chi connectivity index (χ4v) is 1.90. The van der Waals surface area contributed by atoms with E-state index in [0.29, 0.717) is 6.54 Å². The first kappa shape index (κ1) is 14.8. The molecule has 1 aliphatic carbocycles. The number of hydrogen-bond donors (Lipinski definition) is 2. The molecular formula is C13H24N2O3. The number of rotatable bonds is 8. The number of nitrogens with one attached hydrogen (secondary N) is 1. The molecule has 104 valence electrons. The molecule has 0 unspecified atom stereocenters. The summed E-state index contributed by atoms with van der Waals surface area (Å²) in [6.45, 7) is 4.74. The van der Waals surface area contributed by atoms with E-state index in [2.05, 4.69) is 5.32 Å². The predicted molar refractivity (Wildman–Crippen MR) is 69.5 cm³/mol. The van der Waals surface area contributed by atoms with E-state index in [1.807, 2.05) is 13.8 Å². The van der Waals surface area contributed by atoms with Gasteiger partial charge in [-0.3, -0.25) is 4.79 Å². The van der Waals surface area contributed by atoms with Gasteiger partial charge >= 0.3 is 12.0 Å². The van der Waals surface area contributed by atoms with E-state index in [-0.39, 0.29) is 25.0 Å². The summed E-state index contributed by atoms with van der Waals surface area (Å²) >= 11 is 0. The molecule has 2 amide bonds. The minimum atomic E-state index is -0.873. The number of carboxylic acid groups (broad SMARTS) is 1. The largest absolute Gasteiger partial charge is 0.481 e. The molecule has 1 rings (SSSR count). The quantitative estimate of drug-likeness (QED) is 0.653. The highest BCUT2D eigenvalue weighted by molar-refractivity contribution is 5.75. The van der Waals surface area contributed by atoms with Crippen molar-refractivity contribution in [3.63, 3.8) is 0 Å². The van der Waals surface area contributed by atoms with E-state index in [1.165, 1.54) is 19.3 Å². The summed E-state index contributed by atoms with van der Waals surface area (Å²) in [4.78, 5) is 24.0. The summed E-state index contributed by atoms with van der Waals surface area (Å²) in [5.41, 5.74) is 0. The highest BCUT2D eigenvalue weighted by atomic mass is 16.4. The van der Waals surface area contributed by atoms with Gasteiger partial charge in [0.05, 0.1) is 6.42 Å². The second kappa shape index (κ2) is 7.24. The topological polar surface area (TPSA) is 69.6 Å². The van der Waals surface area contributed by atoms with E-state index >= 15 is 0 Å². The van der Waals surface area contributed by atoms with Crippen LogP contribution in [-0.2, 0) is 4.79 Å². The SMILES string of the molecule is CC(C)N(CCC(=O)O)C(=O)NCCCC1CC1. The molecule has 0 bridgehead atoms. The number of aliphatic carboxylic acids is 1. The van der Waals surface area contributed by atoms with Gasteiger partial charge in [-0.2, -0.15) is 0 Å². The molecular weight excluding hydrogens is 232 g/mol. The normalized spacial score (nSPS) is 14.6. The van der Waals surface area contributed by atoms with Gasteiger partial charge in [0.15, 0.2) is 0 Å². The first-order valence-electron chi connectivity index (χ1n) is 6.77. The van der Waals surface area contributed by atoms with Crippen molar-refractivity contribution in [2.24, 2.45) is 5.92 Å². The lowest BCUT2D eigenvalue weighted by Crippen LogP contribution is -2.45. The fraction of sp³-hybridized carbons (Fsp3) is 0.846. The van der Waals surface area contributed by atoms with Gasteiger partial charge in [0.2, 0.25) is 0 Å². The van der Waals surface area contributed by atoms with Crippen LogP contribution in [0.1, 0.15) is 46.0 Å². The number of amides is 2. The Bertz CT molecular complexity index is 288. The van der Waals surface area contributed by atoms with E-state index < -0.39 is 5.97 Å². The molecule has 0 aliphatic heterocycles. The molecule has 0 spiro atoms. The van der Waals surface area contributed by atoms with E-state index in [9.17, 15) is 9.59 Å². The molecule has 0 heterocycles. The Morgan fingerprint density at radius 2 is 2.06 bits per heavy atom. The van der Waals surface area contributed by atoms with Crippen LogP contribution in [0.5, 0.6) is 0 Å². The van der Waals surface area contributed by atoms with Crippen LogP contribution in [-0.4, -0.2) is 41.1 Å². The van der Waals surface area contributed by atoms with E-state index in [1.54, 1.807) is 4.90 Å². The van der Waals surface area contributed by atoms with Crippen LogP contribution in [0, 0.1) is 5.92 Å². The van der Waals surface area contributed by atoms with Crippen molar-refractivity contribution in [1.82, 2.24) is 10.2 Å². The fourth-order valence-electron chi connectivity index (χ4n) is 1.90. The molecule has 0 atom stereocenters. The standard InChI is InChI=1S/C13H24N2O3/c1-10(2)15(9-7-12(16)17)13(18)14-8-3-4-11-5-6-11/h10-11H,3-9H2,1-2H3,(H,14,18)(H,16,17). The summed E-state index contributed by atoms with van der Waals surface area (Å²) in [7, 11) is 0. The Kier molecular flexibility index (Phi) is 5.95. The minimum Gasteiger partial charge on any atom is -0.481 e. The molecule has 0 aromatic carbocycles. The Balaban J connectivity index is 2.21. The monoisotopic (exact) mass is 256 g/mol. The zero-order valence-corrected chi connectivity index (χ0v) is 11.3. The smallest absolute Gasteiger partial charge is 0.317 e. The maximum Gasteiger partial charge on any atom is 0.317 e. The Labute approximate surface area is 109 Å². The second-order valence-corrected chi connectivity index (χ2v) is 5.25. The van der Waals surface area contributed by atoms with Crippen molar-refractivity contribution in [1.29, 1.82) is 0 Å².